The molecule has 5 nitrogen and oxygen atoms in total. The van der Waals surface area contributed by atoms with Gasteiger partial charge in [0.25, 0.3) is 5.91 Å². The van der Waals surface area contributed by atoms with Gasteiger partial charge in [-0.3, -0.25) is 4.79 Å². The van der Waals surface area contributed by atoms with E-state index in [0.717, 1.165) is 19.3 Å². The first kappa shape index (κ1) is 12.7. The van der Waals surface area contributed by atoms with E-state index in [0.29, 0.717) is 0 Å². The van der Waals surface area contributed by atoms with Crippen LogP contribution in [0.25, 0.3) is 0 Å². The number of amides is 1. The van der Waals surface area contributed by atoms with Gasteiger partial charge in [0.1, 0.15) is 0 Å². The number of hydrogen-bond acceptors (Lipinski definition) is 4. The zero-order valence-electron chi connectivity index (χ0n) is 10.3. The Morgan fingerprint density at radius 1 is 1.50 bits per heavy atom. The number of methoxy groups -OCH3 is 1. The van der Waals surface area contributed by atoms with Crippen molar-refractivity contribution in [3.63, 3.8) is 0 Å². The standard InChI is InChI=1S/C13H18N2O3/c1-18-11-7-3-6-10(11)15-13(17)8-4-2-5-9(14)12(8)16/h2,4-5,10-11,16H,3,6-7,14H2,1H3,(H,15,17). The van der Waals surface area contributed by atoms with Gasteiger partial charge < -0.3 is 20.9 Å². The van der Waals surface area contributed by atoms with Gasteiger partial charge in [-0.1, -0.05) is 6.07 Å². The first-order valence-electron chi connectivity index (χ1n) is 6.04. The van der Waals surface area contributed by atoms with E-state index in [9.17, 15) is 9.90 Å². The van der Waals surface area contributed by atoms with Crippen molar-refractivity contribution >= 4 is 11.6 Å². The summed E-state index contributed by atoms with van der Waals surface area (Å²) in [6.07, 6.45) is 2.93. The lowest BCUT2D eigenvalue weighted by molar-refractivity contribution is 0.0720. The lowest BCUT2D eigenvalue weighted by Crippen LogP contribution is -2.40. The van der Waals surface area contributed by atoms with E-state index in [-0.39, 0.29) is 35.1 Å². The summed E-state index contributed by atoms with van der Waals surface area (Å²) in [7, 11) is 1.65. The van der Waals surface area contributed by atoms with E-state index in [1.165, 1.54) is 0 Å². The average Bonchev–Trinajstić information content (AvgIpc) is 2.79. The Kier molecular flexibility index (Phi) is 3.72. The highest BCUT2D eigenvalue weighted by atomic mass is 16.5. The maximum Gasteiger partial charge on any atom is 0.255 e. The van der Waals surface area contributed by atoms with Crippen LogP contribution in [0.15, 0.2) is 18.2 Å². The number of nitrogens with two attached hydrogens (primary N) is 1. The van der Waals surface area contributed by atoms with Crippen LogP contribution in [0, 0.1) is 0 Å². The lowest BCUT2D eigenvalue weighted by atomic mass is 10.1. The Labute approximate surface area is 106 Å². The van der Waals surface area contributed by atoms with Crippen molar-refractivity contribution in [2.75, 3.05) is 12.8 Å². The van der Waals surface area contributed by atoms with E-state index in [4.69, 9.17) is 10.5 Å². The number of para-hydroxylation sites is 1. The Morgan fingerprint density at radius 3 is 3.00 bits per heavy atom. The summed E-state index contributed by atoms with van der Waals surface area (Å²) in [5.74, 6) is -0.476. The molecular weight excluding hydrogens is 232 g/mol. The third kappa shape index (κ3) is 2.41. The fourth-order valence-electron chi connectivity index (χ4n) is 2.36. The molecule has 4 N–H and O–H groups in total. The number of nitrogens with one attached hydrogen (secondary N) is 1. The van der Waals surface area contributed by atoms with Gasteiger partial charge in [-0.15, -0.1) is 0 Å². The number of anilines is 1. The molecule has 0 heterocycles. The molecule has 0 saturated heterocycles. The zero-order chi connectivity index (χ0) is 13.1. The number of hydrogen-bond donors (Lipinski definition) is 3. The molecule has 0 aromatic heterocycles. The van der Waals surface area contributed by atoms with Crippen molar-refractivity contribution in [3.05, 3.63) is 23.8 Å². The van der Waals surface area contributed by atoms with Crippen molar-refractivity contribution in [2.24, 2.45) is 0 Å². The molecule has 1 amide bonds. The molecule has 1 fully saturated rings. The van der Waals surface area contributed by atoms with Gasteiger partial charge >= 0.3 is 0 Å². The predicted octanol–water partition coefficient (Wildman–Crippen LogP) is 1.27. The number of carbonyl (C=O) groups excluding carboxylic acids is 1. The SMILES string of the molecule is COC1CCCC1NC(=O)c1cccc(N)c1O. The van der Waals surface area contributed by atoms with Crippen LogP contribution >= 0.6 is 0 Å². The van der Waals surface area contributed by atoms with Gasteiger partial charge in [0.05, 0.1) is 23.4 Å². The van der Waals surface area contributed by atoms with Crippen LogP contribution in [0.1, 0.15) is 29.6 Å². The minimum absolute atomic E-state index is 0.00308. The summed E-state index contributed by atoms with van der Waals surface area (Å²) >= 11 is 0. The van der Waals surface area contributed by atoms with E-state index in [1.807, 2.05) is 0 Å². The molecular formula is C13H18N2O3. The molecule has 1 aliphatic carbocycles. The second-order valence-corrected chi connectivity index (χ2v) is 4.53. The molecule has 0 aliphatic heterocycles. The van der Waals surface area contributed by atoms with Gasteiger partial charge in [-0.05, 0) is 31.4 Å². The molecule has 1 aliphatic rings. The second kappa shape index (κ2) is 5.27. The quantitative estimate of drug-likeness (QED) is 0.557. The summed E-state index contributed by atoms with van der Waals surface area (Å²) in [4.78, 5) is 12.1. The Hall–Kier alpha value is -1.75. The topological polar surface area (TPSA) is 84.6 Å². The number of phenols is 1. The summed E-state index contributed by atoms with van der Waals surface area (Å²) < 4.78 is 5.31. The molecule has 2 rings (SSSR count). The highest BCUT2D eigenvalue weighted by Crippen LogP contribution is 2.26. The lowest BCUT2D eigenvalue weighted by Gasteiger charge is -2.20. The third-order valence-electron chi connectivity index (χ3n) is 3.38. The van der Waals surface area contributed by atoms with Gasteiger partial charge in [0.2, 0.25) is 0 Å². The van der Waals surface area contributed by atoms with Crippen molar-refractivity contribution < 1.29 is 14.6 Å². The number of benzene rings is 1. The molecule has 1 aromatic rings. The van der Waals surface area contributed by atoms with Crippen LogP contribution in [0.5, 0.6) is 5.75 Å². The normalized spacial score (nSPS) is 22.9. The smallest absolute Gasteiger partial charge is 0.255 e. The number of phenolic OH excluding ortho intramolecular Hbond substituents is 1. The van der Waals surface area contributed by atoms with Crippen LogP contribution in [0.2, 0.25) is 0 Å². The summed E-state index contributed by atoms with van der Waals surface area (Å²) in [6, 6.07) is 4.76. The van der Waals surface area contributed by atoms with Gasteiger partial charge in [0, 0.05) is 7.11 Å². The van der Waals surface area contributed by atoms with Crippen molar-refractivity contribution in [3.8, 4) is 5.75 Å². The maximum absolute atomic E-state index is 12.1. The molecule has 0 spiro atoms. The Morgan fingerprint density at radius 2 is 2.28 bits per heavy atom. The van der Waals surface area contributed by atoms with Crippen LogP contribution in [0.3, 0.4) is 0 Å². The maximum atomic E-state index is 12.1. The predicted molar refractivity (Wildman–Crippen MR) is 68.4 cm³/mol. The molecule has 98 valence electrons. The highest BCUT2D eigenvalue weighted by Gasteiger charge is 2.29. The minimum atomic E-state index is -0.311. The van der Waals surface area contributed by atoms with Crippen LogP contribution < -0.4 is 11.1 Å². The Bertz CT molecular complexity index is 448. The molecule has 1 saturated carbocycles. The molecule has 2 atom stereocenters. The third-order valence-corrected chi connectivity index (χ3v) is 3.38. The first-order chi connectivity index (χ1) is 8.63. The van der Waals surface area contributed by atoms with Crippen molar-refractivity contribution in [1.29, 1.82) is 0 Å². The molecule has 5 heteroatoms. The molecule has 0 radical (unpaired) electrons. The summed E-state index contributed by atoms with van der Waals surface area (Å²) in [5, 5.41) is 12.6. The molecule has 0 bridgehead atoms. The van der Waals surface area contributed by atoms with E-state index in [2.05, 4.69) is 5.32 Å². The van der Waals surface area contributed by atoms with E-state index >= 15 is 0 Å². The van der Waals surface area contributed by atoms with Crippen LogP contribution in [-0.4, -0.2) is 30.3 Å². The van der Waals surface area contributed by atoms with Crippen molar-refractivity contribution in [2.45, 2.75) is 31.4 Å². The van der Waals surface area contributed by atoms with Crippen LogP contribution in [0.4, 0.5) is 5.69 Å². The summed E-state index contributed by atoms with van der Waals surface area (Å²) in [5.41, 5.74) is 5.98. The number of aromatic hydroxyl groups is 1. The minimum Gasteiger partial charge on any atom is -0.505 e. The second-order valence-electron chi connectivity index (χ2n) is 4.53. The number of rotatable bonds is 3. The highest BCUT2D eigenvalue weighted by molar-refractivity contribution is 5.98. The van der Waals surface area contributed by atoms with Gasteiger partial charge in [-0.2, -0.15) is 0 Å². The fourth-order valence-corrected chi connectivity index (χ4v) is 2.36. The average molecular weight is 250 g/mol. The monoisotopic (exact) mass is 250 g/mol. The Balaban J connectivity index is 2.10. The first-order valence-corrected chi connectivity index (χ1v) is 6.04. The van der Waals surface area contributed by atoms with E-state index in [1.54, 1.807) is 25.3 Å². The molecule has 2 unspecified atom stereocenters. The van der Waals surface area contributed by atoms with Gasteiger partial charge in [-0.25, -0.2) is 0 Å². The molecule has 18 heavy (non-hydrogen) atoms. The number of ether oxygens (including phenoxy) is 1. The number of carbonyl (C=O) groups is 1. The zero-order valence-corrected chi connectivity index (χ0v) is 10.3. The van der Waals surface area contributed by atoms with Crippen LogP contribution in [-0.2, 0) is 4.74 Å². The van der Waals surface area contributed by atoms with Crippen molar-refractivity contribution in [1.82, 2.24) is 5.32 Å². The summed E-state index contributed by atoms with van der Waals surface area (Å²) in [6.45, 7) is 0. The largest absolute Gasteiger partial charge is 0.505 e. The number of nitrogen functional groups attached to an aromatic ring is 1. The fraction of sp³-hybridized carbons (Fsp3) is 0.462. The van der Waals surface area contributed by atoms with E-state index < -0.39 is 0 Å². The molecule has 1 aromatic carbocycles. The van der Waals surface area contributed by atoms with Gasteiger partial charge in [0.15, 0.2) is 5.75 Å².